The molecule has 4 aliphatic rings. The molecule has 0 aromatic heterocycles. The number of nitrogens with zero attached hydrogens (tertiary/aromatic N) is 2. The second-order valence-electron chi connectivity index (χ2n) is 8.70. The fourth-order valence-corrected chi connectivity index (χ4v) is 5.13. The smallest absolute Gasteiger partial charge is 0.262 e. The molecule has 2 N–H and O–H groups in total. The van der Waals surface area contributed by atoms with Gasteiger partial charge in [-0.3, -0.25) is 34.3 Å². The summed E-state index contributed by atoms with van der Waals surface area (Å²) in [4.78, 5) is 52.7. The van der Waals surface area contributed by atoms with Gasteiger partial charge in [-0.25, -0.2) is 0 Å². The van der Waals surface area contributed by atoms with Gasteiger partial charge in [-0.1, -0.05) is 6.07 Å². The van der Waals surface area contributed by atoms with E-state index >= 15 is 0 Å². The van der Waals surface area contributed by atoms with Gasteiger partial charge < -0.3 is 5.32 Å². The zero-order valence-electron chi connectivity index (χ0n) is 16.4. The minimum absolute atomic E-state index is 0.123. The van der Waals surface area contributed by atoms with Gasteiger partial charge in [0.2, 0.25) is 11.8 Å². The van der Waals surface area contributed by atoms with E-state index in [1.165, 1.54) is 12.8 Å². The highest BCUT2D eigenvalue weighted by atomic mass is 16.2. The molecule has 0 bridgehead atoms. The lowest BCUT2D eigenvalue weighted by atomic mass is 10.0. The fourth-order valence-electron chi connectivity index (χ4n) is 5.13. The number of benzene rings is 1. The third-order valence-corrected chi connectivity index (χ3v) is 6.87. The second-order valence-corrected chi connectivity index (χ2v) is 8.70. The molecule has 2 unspecified atom stereocenters. The molecule has 1 aromatic rings. The van der Waals surface area contributed by atoms with Gasteiger partial charge in [0.15, 0.2) is 0 Å². The van der Waals surface area contributed by atoms with Crippen molar-refractivity contribution in [3.63, 3.8) is 0 Å². The van der Waals surface area contributed by atoms with Gasteiger partial charge in [-0.15, -0.1) is 0 Å². The van der Waals surface area contributed by atoms with E-state index in [-0.39, 0.29) is 18.7 Å². The third kappa shape index (κ3) is 2.89. The van der Waals surface area contributed by atoms with Crippen LogP contribution in [0.4, 0.5) is 0 Å². The van der Waals surface area contributed by atoms with Crippen LogP contribution in [0.2, 0.25) is 0 Å². The Bertz CT molecular complexity index is 939. The molecule has 0 radical (unpaired) electrons. The Morgan fingerprint density at radius 2 is 1.90 bits per heavy atom. The lowest BCUT2D eigenvalue weighted by Crippen LogP contribution is -2.54. The molecule has 1 spiro atoms. The predicted octanol–water partition coefficient (Wildman–Crippen LogP) is 0.272. The minimum Gasteiger partial charge on any atom is -0.315 e. The van der Waals surface area contributed by atoms with Crippen molar-refractivity contribution in [2.75, 3.05) is 20.1 Å². The maximum atomic E-state index is 13.0. The molecule has 2 saturated heterocycles. The molecule has 5 rings (SSSR count). The van der Waals surface area contributed by atoms with Crippen LogP contribution >= 0.6 is 0 Å². The second kappa shape index (κ2) is 6.47. The Morgan fingerprint density at radius 1 is 1.14 bits per heavy atom. The number of amides is 4. The zero-order valence-corrected chi connectivity index (χ0v) is 16.4. The number of hydrogen-bond donors (Lipinski definition) is 2. The van der Waals surface area contributed by atoms with Crippen LogP contribution in [0.3, 0.4) is 0 Å². The molecule has 1 saturated carbocycles. The molecular formula is C21H24N4O4. The number of piperidine rings is 1. The number of carbonyl (C=O) groups is 4. The molecule has 1 aromatic carbocycles. The van der Waals surface area contributed by atoms with E-state index in [0.717, 1.165) is 30.1 Å². The maximum Gasteiger partial charge on any atom is 0.262 e. The summed E-state index contributed by atoms with van der Waals surface area (Å²) in [5.41, 5.74) is 2.07. The van der Waals surface area contributed by atoms with Crippen molar-refractivity contribution in [1.29, 1.82) is 0 Å². The summed E-state index contributed by atoms with van der Waals surface area (Å²) in [6.07, 6.45) is 2.81. The van der Waals surface area contributed by atoms with E-state index in [1.807, 2.05) is 13.1 Å². The van der Waals surface area contributed by atoms with Gasteiger partial charge in [0.25, 0.3) is 11.8 Å². The first-order valence-electron chi connectivity index (χ1n) is 10.2. The first-order chi connectivity index (χ1) is 13.9. The van der Waals surface area contributed by atoms with Crippen LogP contribution in [0.5, 0.6) is 0 Å². The van der Waals surface area contributed by atoms with Crippen molar-refractivity contribution in [3.8, 4) is 0 Å². The summed E-state index contributed by atoms with van der Waals surface area (Å²) in [5.74, 6) is -1.86. The minimum atomic E-state index is -0.923. The molecule has 3 fully saturated rings. The summed E-state index contributed by atoms with van der Waals surface area (Å²) >= 11 is 0. The highest BCUT2D eigenvalue weighted by molar-refractivity contribution is 6.23. The van der Waals surface area contributed by atoms with Crippen molar-refractivity contribution >= 4 is 23.6 Å². The number of fused-ring (bicyclic) bond motifs is 1. The van der Waals surface area contributed by atoms with E-state index in [1.54, 1.807) is 12.1 Å². The van der Waals surface area contributed by atoms with Gasteiger partial charge in [0, 0.05) is 32.1 Å². The Hall–Kier alpha value is -2.58. The van der Waals surface area contributed by atoms with Crippen LogP contribution < -0.4 is 10.6 Å². The van der Waals surface area contributed by atoms with E-state index < -0.39 is 23.8 Å². The number of nitrogens with one attached hydrogen (secondary N) is 2. The topological polar surface area (TPSA) is 98.8 Å². The number of rotatable bonds is 4. The molecule has 152 valence electrons. The predicted molar refractivity (Wildman–Crippen MR) is 103 cm³/mol. The lowest BCUT2D eigenvalue weighted by Gasteiger charge is -2.27. The number of likely N-dealkylation sites (N-methyl/N-ethyl adjacent to an activating group) is 1. The van der Waals surface area contributed by atoms with E-state index in [4.69, 9.17) is 0 Å². The van der Waals surface area contributed by atoms with Gasteiger partial charge in [-0.05, 0) is 49.4 Å². The molecule has 8 nitrogen and oxygen atoms in total. The van der Waals surface area contributed by atoms with Crippen LogP contribution in [0, 0.1) is 5.41 Å². The normalized spacial score (nSPS) is 28.2. The van der Waals surface area contributed by atoms with Gasteiger partial charge in [0.05, 0.1) is 11.1 Å². The van der Waals surface area contributed by atoms with Crippen molar-refractivity contribution < 1.29 is 19.2 Å². The number of carbonyl (C=O) groups excluding carboxylic acids is 4. The zero-order chi connectivity index (χ0) is 20.3. The van der Waals surface area contributed by atoms with E-state index in [9.17, 15) is 19.2 Å². The molecule has 4 amide bonds. The molecule has 3 heterocycles. The van der Waals surface area contributed by atoms with Crippen LogP contribution in [0.25, 0.3) is 0 Å². The quantitative estimate of drug-likeness (QED) is 0.709. The van der Waals surface area contributed by atoms with Crippen molar-refractivity contribution in [2.45, 2.75) is 44.3 Å². The Labute approximate surface area is 168 Å². The maximum absolute atomic E-state index is 13.0. The fraction of sp³-hybridized carbons (Fsp3) is 0.524. The standard InChI is InChI=1S/C21H24N4O4/c1-22-16-10-24(11-21(16)6-7-21)9-12-2-3-13-14(8-12)20(29)25(19(13)28)15-4-5-17(26)23-18(15)27/h2-3,8,15-16,22H,4-7,9-11H2,1H3,(H,23,26,27). The molecular weight excluding hydrogens is 372 g/mol. The van der Waals surface area contributed by atoms with E-state index in [0.29, 0.717) is 22.6 Å². The van der Waals surface area contributed by atoms with Crippen LogP contribution in [0.1, 0.15) is 52.0 Å². The first-order valence-corrected chi connectivity index (χ1v) is 10.2. The summed E-state index contributed by atoms with van der Waals surface area (Å²) in [6.45, 7) is 2.75. The average molecular weight is 396 g/mol. The van der Waals surface area contributed by atoms with Crippen molar-refractivity contribution in [3.05, 3.63) is 34.9 Å². The molecule has 8 heteroatoms. The summed E-state index contributed by atoms with van der Waals surface area (Å²) in [7, 11) is 2.01. The average Bonchev–Trinajstić information content (AvgIpc) is 3.31. The van der Waals surface area contributed by atoms with Crippen molar-refractivity contribution in [2.24, 2.45) is 5.41 Å². The highest BCUT2D eigenvalue weighted by Gasteiger charge is 2.54. The van der Waals surface area contributed by atoms with Crippen molar-refractivity contribution in [1.82, 2.24) is 20.4 Å². The molecule has 29 heavy (non-hydrogen) atoms. The van der Waals surface area contributed by atoms with Gasteiger partial charge in [-0.2, -0.15) is 0 Å². The van der Waals surface area contributed by atoms with Crippen LogP contribution in [0.15, 0.2) is 18.2 Å². The number of hydrogen-bond acceptors (Lipinski definition) is 6. The number of likely N-dealkylation sites (tertiary alicyclic amines) is 1. The Morgan fingerprint density at radius 3 is 2.55 bits per heavy atom. The summed E-state index contributed by atoms with van der Waals surface area (Å²) in [6, 6.07) is 4.95. The van der Waals surface area contributed by atoms with Crippen LogP contribution in [-0.2, 0) is 16.1 Å². The largest absolute Gasteiger partial charge is 0.315 e. The Kier molecular flexibility index (Phi) is 4.11. The SMILES string of the molecule is CNC1CN(Cc2ccc3c(c2)C(=O)N(C2CCC(=O)NC2=O)C3=O)CC12CC2. The molecule has 3 aliphatic heterocycles. The third-order valence-electron chi connectivity index (χ3n) is 6.87. The summed E-state index contributed by atoms with van der Waals surface area (Å²) < 4.78 is 0. The van der Waals surface area contributed by atoms with E-state index in [2.05, 4.69) is 15.5 Å². The first kappa shape index (κ1) is 18.4. The van der Waals surface area contributed by atoms with Gasteiger partial charge >= 0.3 is 0 Å². The number of imide groups is 2. The summed E-state index contributed by atoms with van der Waals surface area (Å²) in [5, 5.41) is 5.65. The lowest BCUT2D eigenvalue weighted by molar-refractivity contribution is -0.136. The van der Waals surface area contributed by atoms with Gasteiger partial charge in [0.1, 0.15) is 6.04 Å². The highest BCUT2D eigenvalue weighted by Crippen LogP contribution is 2.52. The monoisotopic (exact) mass is 396 g/mol. The Balaban J connectivity index is 1.35. The molecule has 1 aliphatic carbocycles. The van der Waals surface area contributed by atoms with Crippen LogP contribution in [-0.4, -0.2) is 65.6 Å². The molecule has 2 atom stereocenters.